The summed E-state index contributed by atoms with van der Waals surface area (Å²) in [5.41, 5.74) is 0. The van der Waals surface area contributed by atoms with Gasteiger partial charge in [0.05, 0.1) is 20.3 Å². The van der Waals surface area contributed by atoms with Crippen molar-refractivity contribution in [1.29, 1.82) is 0 Å². The van der Waals surface area contributed by atoms with E-state index in [1.165, 1.54) is 0 Å². The fraction of sp³-hybridized carbons (Fsp3) is 0.632. The van der Waals surface area contributed by atoms with Crippen molar-refractivity contribution in [2.75, 3.05) is 60.6 Å². The van der Waals surface area contributed by atoms with Crippen LogP contribution in [0.15, 0.2) is 29.3 Å². The molecule has 1 atom stereocenters. The van der Waals surface area contributed by atoms with Crippen LogP contribution in [0.2, 0.25) is 0 Å². The highest BCUT2D eigenvalue weighted by Crippen LogP contribution is 2.19. The highest BCUT2D eigenvalue weighted by molar-refractivity contribution is 14.0. The lowest BCUT2D eigenvalue weighted by molar-refractivity contribution is 0.162. The number of hydrogen-bond acceptors (Lipinski definition) is 5. The van der Waals surface area contributed by atoms with Crippen molar-refractivity contribution in [3.05, 3.63) is 24.3 Å². The number of aliphatic imine (C=N–C) groups is 1. The highest BCUT2D eigenvalue weighted by atomic mass is 127. The van der Waals surface area contributed by atoms with Crippen molar-refractivity contribution in [1.82, 2.24) is 15.5 Å². The maximum Gasteiger partial charge on any atom is 0.191 e. The summed E-state index contributed by atoms with van der Waals surface area (Å²) in [6.07, 6.45) is -0.0399. The molecule has 2 N–H and O–H groups in total. The van der Waals surface area contributed by atoms with E-state index >= 15 is 0 Å². The zero-order valence-corrected chi connectivity index (χ0v) is 19.5. The zero-order valence-electron chi connectivity index (χ0n) is 17.2. The van der Waals surface area contributed by atoms with E-state index in [-0.39, 0.29) is 30.1 Å². The van der Waals surface area contributed by atoms with Crippen molar-refractivity contribution in [3.63, 3.8) is 0 Å². The number of guanidine groups is 1. The van der Waals surface area contributed by atoms with Gasteiger partial charge in [-0.3, -0.25) is 0 Å². The van der Waals surface area contributed by atoms with E-state index in [1.54, 1.807) is 14.2 Å². The molecule has 1 unspecified atom stereocenters. The number of ether oxygens (including phenoxy) is 3. The van der Waals surface area contributed by atoms with E-state index in [4.69, 9.17) is 14.2 Å². The van der Waals surface area contributed by atoms with Gasteiger partial charge >= 0.3 is 0 Å². The Balaban J connectivity index is 0.00000676. The van der Waals surface area contributed by atoms with Crippen LogP contribution in [0.1, 0.15) is 13.8 Å². The Morgan fingerprint density at radius 3 is 2.59 bits per heavy atom. The standard InChI is InChI=1S/C19H34N4O3.HI/c1-6-20-19(21-10-11-23(3)12-13-24-4)22-15-16(2)26-18-9-7-8-17(14-18)25-5;/h7-9,14,16H,6,10-13,15H2,1-5H3,(H2,20,21,22);1H. The van der Waals surface area contributed by atoms with Gasteiger partial charge in [-0.25, -0.2) is 4.99 Å². The molecular formula is C19H35IN4O3. The maximum absolute atomic E-state index is 5.91. The topological polar surface area (TPSA) is 67.4 Å². The molecule has 27 heavy (non-hydrogen) atoms. The summed E-state index contributed by atoms with van der Waals surface area (Å²) in [6.45, 7) is 8.83. The predicted molar refractivity (Wildman–Crippen MR) is 122 cm³/mol. The largest absolute Gasteiger partial charge is 0.497 e. The molecule has 0 heterocycles. The molecule has 0 aliphatic rings. The maximum atomic E-state index is 5.91. The number of hydrogen-bond donors (Lipinski definition) is 2. The number of halogens is 1. The van der Waals surface area contributed by atoms with Gasteiger partial charge in [-0.2, -0.15) is 0 Å². The van der Waals surface area contributed by atoms with Crippen molar-refractivity contribution >= 4 is 29.9 Å². The Kier molecular flexibility index (Phi) is 15.0. The van der Waals surface area contributed by atoms with Crippen molar-refractivity contribution < 1.29 is 14.2 Å². The van der Waals surface area contributed by atoms with Gasteiger partial charge in [0.1, 0.15) is 17.6 Å². The molecule has 0 radical (unpaired) electrons. The first-order chi connectivity index (χ1) is 12.6. The first-order valence-corrected chi connectivity index (χ1v) is 9.09. The minimum absolute atomic E-state index is 0. The Bertz CT molecular complexity index is 531. The van der Waals surface area contributed by atoms with Crippen molar-refractivity contribution in [3.8, 4) is 11.5 Å². The lowest BCUT2D eigenvalue weighted by atomic mass is 10.3. The van der Waals surface area contributed by atoms with Gasteiger partial charge in [-0.15, -0.1) is 24.0 Å². The molecule has 0 aromatic heterocycles. The smallest absolute Gasteiger partial charge is 0.191 e. The molecule has 1 aromatic rings. The van der Waals surface area contributed by atoms with Gasteiger partial charge in [0.25, 0.3) is 0 Å². The van der Waals surface area contributed by atoms with E-state index < -0.39 is 0 Å². The van der Waals surface area contributed by atoms with E-state index in [1.807, 2.05) is 31.2 Å². The average molecular weight is 494 g/mol. The fourth-order valence-corrected chi connectivity index (χ4v) is 2.23. The van der Waals surface area contributed by atoms with Crippen LogP contribution in [-0.4, -0.2) is 77.6 Å². The molecule has 7 nitrogen and oxygen atoms in total. The molecule has 0 bridgehead atoms. The third-order valence-corrected chi connectivity index (χ3v) is 3.69. The van der Waals surface area contributed by atoms with Crippen LogP contribution in [0, 0.1) is 0 Å². The van der Waals surface area contributed by atoms with Crippen LogP contribution in [0.3, 0.4) is 0 Å². The molecule has 0 amide bonds. The number of nitrogens with zero attached hydrogens (tertiary/aromatic N) is 2. The lowest BCUT2D eigenvalue weighted by Gasteiger charge is -2.18. The van der Waals surface area contributed by atoms with E-state index in [2.05, 4.69) is 34.5 Å². The second-order valence-corrected chi connectivity index (χ2v) is 6.05. The van der Waals surface area contributed by atoms with Gasteiger partial charge in [0, 0.05) is 39.4 Å². The van der Waals surface area contributed by atoms with Crippen LogP contribution < -0.4 is 20.1 Å². The summed E-state index contributed by atoms with van der Waals surface area (Å²) in [7, 11) is 5.44. The Morgan fingerprint density at radius 2 is 1.93 bits per heavy atom. The van der Waals surface area contributed by atoms with Crippen LogP contribution in [-0.2, 0) is 4.74 Å². The minimum atomic E-state index is -0.0399. The molecule has 1 rings (SSSR count). The van der Waals surface area contributed by atoms with E-state index in [0.717, 1.165) is 50.2 Å². The third-order valence-electron chi connectivity index (χ3n) is 3.69. The first-order valence-electron chi connectivity index (χ1n) is 9.09. The number of rotatable bonds is 12. The minimum Gasteiger partial charge on any atom is -0.497 e. The van der Waals surface area contributed by atoms with Crippen molar-refractivity contribution in [2.45, 2.75) is 20.0 Å². The molecule has 0 fully saturated rings. The molecule has 1 aromatic carbocycles. The fourth-order valence-electron chi connectivity index (χ4n) is 2.23. The first kappa shape index (κ1) is 25.7. The molecule has 0 saturated carbocycles. The lowest BCUT2D eigenvalue weighted by Crippen LogP contribution is -2.41. The molecule has 0 aliphatic carbocycles. The SMILES string of the molecule is CCNC(=NCC(C)Oc1cccc(OC)c1)NCCN(C)CCOC.I. The number of methoxy groups -OCH3 is 2. The summed E-state index contributed by atoms with van der Waals surface area (Å²) in [5, 5.41) is 6.60. The van der Waals surface area contributed by atoms with E-state index in [9.17, 15) is 0 Å². The van der Waals surface area contributed by atoms with Gasteiger partial charge in [0.2, 0.25) is 0 Å². The van der Waals surface area contributed by atoms with Gasteiger partial charge in [-0.1, -0.05) is 6.07 Å². The number of benzene rings is 1. The Morgan fingerprint density at radius 1 is 1.19 bits per heavy atom. The van der Waals surface area contributed by atoms with Crippen molar-refractivity contribution in [2.24, 2.45) is 4.99 Å². The molecule has 0 aliphatic heterocycles. The molecule has 0 spiro atoms. The molecular weight excluding hydrogens is 459 g/mol. The number of likely N-dealkylation sites (N-methyl/N-ethyl adjacent to an activating group) is 1. The second-order valence-electron chi connectivity index (χ2n) is 6.05. The molecule has 0 saturated heterocycles. The predicted octanol–water partition coefficient (Wildman–Crippen LogP) is 2.21. The van der Waals surface area contributed by atoms with E-state index in [0.29, 0.717) is 6.54 Å². The quantitative estimate of drug-likeness (QED) is 0.264. The monoisotopic (exact) mass is 494 g/mol. The molecule has 156 valence electrons. The van der Waals surface area contributed by atoms with Crippen LogP contribution in [0.25, 0.3) is 0 Å². The number of nitrogens with one attached hydrogen (secondary N) is 2. The second kappa shape index (κ2) is 15.8. The summed E-state index contributed by atoms with van der Waals surface area (Å²) in [6, 6.07) is 7.60. The summed E-state index contributed by atoms with van der Waals surface area (Å²) in [4.78, 5) is 6.82. The summed E-state index contributed by atoms with van der Waals surface area (Å²) >= 11 is 0. The normalized spacial score (nSPS) is 12.3. The third kappa shape index (κ3) is 11.9. The zero-order chi connectivity index (χ0) is 19.2. The van der Waals surface area contributed by atoms with Crippen LogP contribution in [0.5, 0.6) is 11.5 Å². The highest BCUT2D eigenvalue weighted by Gasteiger charge is 2.06. The summed E-state index contributed by atoms with van der Waals surface area (Å²) < 4.78 is 16.2. The van der Waals surface area contributed by atoms with Crippen LogP contribution in [0.4, 0.5) is 0 Å². The van der Waals surface area contributed by atoms with Gasteiger partial charge in [-0.05, 0) is 33.0 Å². The van der Waals surface area contributed by atoms with Crippen LogP contribution >= 0.6 is 24.0 Å². The molecule has 8 heteroatoms. The Hall–Kier alpha value is -1.26. The average Bonchev–Trinajstić information content (AvgIpc) is 2.64. The Labute approximate surface area is 180 Å². The summed E-state index contributed by atoms with van der Waals surface area (Å²) in [5.74, 6) is 2.37. The van der Waals surface area contributed by atoms with Gasteiger partial charge in [0.15, 0.2) is 5.96 Å². The van der Waals surface area contributed by atoms with Gasteiger partial charge < -0.3 is 29.7 Å².